The number of benzene rings is 1. The minimum Gasteiger partial charge on any atom is -0.342 e. The van der Waals surface area contributed by atoms with Crippen LogP contribution in [0.3, 0.4) is 0 Å². The van der Waals surface area contributed by atoms with Crippen molar-refractivity contribution in [3.63, 3.8) is 0 Å². The lowest BCUT2D eigenvalue weighted by Crippen LogP contribution is -2.21. The molecule has 0 saturated carbocycles. The van der Waals surface area contributed by atoms with Gasteiger partial charge in [-0.2, -0.15) is 0 Å². The van der Waals surface area contributed by atoms with Crippen LogP contribution in [0.2, 0.25) is 5.02 Å². The van der Waals surface area contributed by atoms with Crippen molar-refractivity contribution in [2.45, 2.75) is 46.1 Å². The first-order valence-electron chi connectivity index (χ1n) is 6.11. The van der Waals surface area contributed by atoms with Gasteiger partial charge in [-0.05, 0) is 50.5 Å². The number of hydrogen-bond donors (Lipinski definition) is 0. The van der Waals surface area contributed by atoms with Crippen molar-refractivity contribution in [1.29, 1.82) is 0 Å². The zero-order chi connectivity index (χ0) is 12.8. The number of fused-ring (bicyclic) bond motifs is 1. The maximum atomic E-state index is 6.18. The molecule has 0 N–H and O–H groups in total. The number of nitrogens with zero attached hydrogens (tertiary/aromatic N) is 1. The van der Waals surface area contributed by atoms with E-state index in [0.29, 0.717) is 5.92 Å². The van der Waals surface area contributed by atoms with E-state index in [-0.39, 0.29) is 5.54 Å². The van der Waals surface area contributed by atoms with E-state index in [4.69, 9.17) is 11.6 Å². The lowest BCUT2D eigenvalue weighted by Gasteiger charge is -2.24. The molecule has 2 rings (SSSR count). The van der Waals surface area contributed by atoms with Crippen LogP contribution in [0.5, 0.6) is 0 Å². The van der Waals surface area contributed by atoms with Gasteiger partial charge in [0.05, 0.1) is 5.52 Å². The third-order valence-electron chi connectivity index (χ3n) is 3.12. The van der Waals surface area contributed by atoms with Crippen molar-refractivity contribution in [2.24, 2.45) is 0 Å². The summed E-state index contributed by atoms with van der Waals surface area (Å²) in [7, 11) is 0. The first-order chi connectivity index (χ1) is 7.80. The number of halogens is 1. The summed E-state index contributed by atoms with van der Waals surface area (Å²) in [4.78, 5) is 0. The molecule has 0 aliphatic carbocycles. The first-order valence-corrected chi connectivity index (χ1v) is 6.49. The Labute approximate surface area is 108 Å². The van der Waals surface area contributed by atoms with Gasteiger partial charge in [0.1, 0.15) is 0 Å². The fourth-order valence-electron chi connectivity index (χ4n) is 2.28. The van der Waals surface area contributed by atoms with Gasteiger partial charge in [-0.25, -0.2) is 0 Å². The summed E-state index contributed by atoms with van der Waals surface area (Å²) < 4.78 is 2.34. The Bertz CT molecular complexity index is 544. The highest BCUT2D eigenvalue weighted by Crippen LogP contribution is 2.33. The van der Waals surface area contributed by atoms with Crippen LogP contribution in [0.4, 0.5) is 0 Å². The fraction of sp³-hybridized carbons (Fsp3) is 0.467. The molecule has 0 unspecified atom stereocenters. The lowest BCUT2D eigenvalue weighted by atomic mass is 9.99. The van der Waals surface area contributed by atoms with Gasteiger partial charge in [-0.15, -0.1) is 0 Å². The highest BCUT2D eigenvalue weighted by Gasteiger charge is 2.18. The standard InChI is InChI=1S/C15H20ClN/c1-10(2)13-9-12(16)8-11-6-7-17(14(11)13)15(3,4)5/h6-10H,1-5H3. The van der Waals surface area contributed by atoms with Crippen LogP contribution in [-0.2, 0) is 5.54 Å². The molecule has 92 valence electrons. The van der Waals surface area contributed by atoms with Gasteiger partial charge in [0, 0.05) is 22.1 Å². The Hall–Kier alpha value is -0.950. The SMILES string of the molecule is CC(C)c1cc(Cl)cc2ccn(C(C)(C)C)c12. The highest BCUT2D eigenvalue weighted by molar-refractivity contribution is 6.31. The second-order valence-corrected chi connectivity index (χ2v) is 6.38. The van der Waals surface area contributed by atoms with Crippen LogP contribution in [0.25, 0.3) is 10.9 Å². The Balaban J connectivity index is 2.82. The second-order valence-electron chi connectivity index (χ2n) is 5.94. The molecule has 0 saturated heterocycles. The Kier molecular flexibility index (Phi) is 2.99. The van der Waals surface area contributed by atoms with Gasteiger partial charge in [0.2, 0.25) is 0 Å². The second kappa shape index (κ2) is 4.06. The van der Waals surface area contributed by atoms with E-state index in [1.54, 1.807) is 0 Å². The van der Waals surface area contributed by atoms with Crippen molar-refractivity contribution in [2.75, 3.05) is 0 Å². The molecule has 1 aromatic heterocycles. The van der Waals surface area contributed by atoms with Crippen LogP contribution < -0.4 is 0 Å². The summed E-state index contributed by atoms with van der Waals surface area (Å²) in [5.74, 6) is 0.479. The van der Waals surface area contributed by atoms with E-state index in [1.807, 2.05) is 6.07 Å². The summed E-state index contributed by atoms with van der Waals surface area (Å²) in [6, 6.07) is 6.29. The molecule has 2 heteroatoms. The van der Waals surface area contributed by atoms with Crippen LogP contribution in [0, 0.1) is 0 Å². The maximum Gasteiger partial charge on any atom is 0.0521 e. The molecule has 1 aromatic carbocycles. The monoisotopic (exact) mass is 249 g/mol. The van der Waals surface area contributed by atoms with Gasteiger partial charge >= 0.3 is 0 Å². The normalized spacial score (nSPS) is 12.6. The van der Waals surface area contributed by atoms with E-state index in [1.165, 1.54) is 16.5 Å². The van der Waals surface area contributed by atoms with Gasteiger partial charge in [-0.3, -0.25) is 0 Å². The van der Waals surface area contributed by atoms with Crippen LogP contribution >= 0.6 is 11.6 Å². The quantitative estimate of drug-likeness (QED) is 0.657. The van der Waals surface area contributed by atoms with Crippen molar-refractivity contribution < 1.29 is 0 Å². The summed E-state index contributed by atoms with van der Waals surface area (Å²) in [6.07, 6.45) is 2.16. The Morgan fingerprint density at radius 2 is 1.82 bits per heavy atom. The minimum absolute atomic E-state index is 0.0964. The number of aromatic nitrogens is 1. The maximum absolute atomic E-state index is 6.18. The predicted molar refractivity (Wildman–Crippen MR) is 76.0 cm³/mol. The first kappa shape index (κ1) is 12.5. The van der Waals surface area contributed by atoms with E-state index < -0.39 is 0 Å². The van der Waals surface area contributed by atoms with Crippen LogP contribution in [0.1, 0.15) is 46.1 Å². The molecular weight excluding hydrogens is 230 g/mol. The van der Waals surface area contributed by atoms with Crippen molar-refractivity contribution >= 4 is 22.5 Å². The fourth-order valence-corrected chi connectivity index (χ4v) is 2.51. The Morgan fingerprint density at radius 3 is 2.35 bits per heavy atom. The largest absolute Gasteiger partial charge is 0.342 e. The Morgan fingerprint density at radius 1 is 1.18 bits per heavy atom. The van der Waals surface area contributed by atoms with E-state index >= 15 is 0 Å². The molecule has 1 heterocycles. The molecule has 17 heavy (non-hydrogen) atoms. The van der Waals surface area contributed by atoms with Crippen LogP contribution in [-0.4, -0.2) is 4.57 Å². The van der Waals surface area contributed by atoms with Crippen molar-refractivity contribution in [3.05, 3.63) is 35.0 Å². The topological polar surface area (TPSA) is 4.93 Å². The molecule has 0 aliphatic rings. The van der Waals surface area contributed by atoms with Crippen LogP contribution in [0.15, 0.2) is 24.4 Å². The molecule has 0 bridgehead atoms. The molecule has 0 fully saturated rings. The van der Waals surface area contributed by atoms with E-state index in [0.717, 1.165) is 5.02 Å². The number of hydrogen-bond acceptors (Lipinski definition) is 0. The minimum atomic E-state index is 0.0964. The van der Waals surface area contributed by atoms with Gasteiger partial charge in [0.25, 0.3) is 0 Å². The molecule has 2 aromatic rings. The summed E-state index contributed by atoms with van der Waals surface area (Å²) in [5, 5.41) is 2.06. The van der Waals surface area contributed by atoms with Gasteiger partial charge < -0.3 is 4.57 Å². The summed E-state index contributed by atoms with van der Waals surface area (Å²) in [5.41, 5.74) is 2.74. The predicted octanol–water partition coefficient (Wildman–Crippen LogP) is 5.17. The highest BCUT2D eigenvalue weighted by atomic mass is 35.5. The zero-order valence-electron chi connectivity index (χ0n) is 11.2. The molecule has 0 aliphatic heterocycles. The average Bonchev–Trinajstić information content (AvgIpc) is 2.58. The third kappa shape index (κ3) is 2.21. The molecule has 1 nitrogen and oxygen atoms in total. The molecule has 0 atom stereocenters. The van der Waals surface area contributed by atoms with Gasteiger partial charge in [-0.1, -0.05) is 25.4 Å². The molecule has 0 radical (unpaired) electrons. The molecular formula is C15H20ClN. The van der Waals surface area contributed by atoms with Crippen molar-refractivity contribution in [3.8, 4) is 0 Å². The van der Waals surface area contributed by atoms with Gasteiger partial charge in [0.15, 0.2) is 0 Å². The molecule has 0 amide bonds. The zero-order valence-corrected chi connectivity index (χ0v) is 12.0. The number of rotatable bonds is 1. The van der Waals surface area contributed by atoms with E-state index in [9.17, 15) is 0 Å². The lowest BCUT2D eigenvalue weighted by molar-refractivity contribution is 0.410. The third-order valence-corrected chi connectivity index (χ3v) is 3.34. The smallest absolute Gasteiger partial charge is 0.0521 e. The van der Waals surface area contributed by atoms with Crippen molar-refractivity contribution in [1.82, 2.24) is 4.57 Å². The molecule has 0 spiro atoms. The summed E-state index contributed by atoms with van der Waals surface area (Å²) >= 11 is 6.18. The average molecular weight is 250 g/mol. The van der Waals surface area contributed by atoms with E-state index in [2.05, 4.69) is 57.5 Å². The summed E-state index contributed by atoms with van der Waals surface area (Å²) in [6.45, 7) is 11.1.